The maximum atomic E-state index is 13.7. The molecular weight excluding hydrogens is 363 g/mol. The van der Waals surface area contributed by atoms with Gasteiger partial charge in [0.05, 0.1) is 16.4 Å². The van der Waals surface area contributed by atoms with Crippen LogP contribution in [0.5, 0.6) is 0 Å². The van der Waals surface area contributed by atoms with Crippen LogP contribution in [-0.4, -0.2) is 36.2 Å². The van der Waals surface area contributed by atoms with Crippen molar-refractivity contribution in [3.8, 4) is 0 Å². The van der Waals surface area contributed by atoms with E-state index in [1.165, 1.54) is 0 Å². The van der Waals surface area contributed by atoms with E-state index in [1.807, 2.05) is 19.9 Å². The number of nitro groups is 1. The fourth-order valence-corrected chi connectivity index (χ4v) is 2.87. The van der Waals surface area contributed by atoms with Crippen LogP contribution in [0.25, 0.3) is 5.78 Å². The lowest BCUT2D eigenvalue weighted by atomic mass is 10.2. The third-order valence-electron chi connectivity index (χ3n) is 3.37. The van der Waals surface area contributed by atoms with Crippen LogP contribution in [0.3, 0.4) is 0 Å². The Morgan fingerprint density at radius 1 is 1.35 bits per heavy atom. The van der Waals surface area contributed by atoms with Crippen molar-refractivity contribution in [3.05, 3.63) is 51.6 Å². The van der Waals surface area contributed by atoms with Gasteiger partial charge >= 0.3 is 0 Å². The summed E-state index contributed by atoms with van der Waals surface area (Å²) in [6.45, 7) is 3.71. The molecule has 0 saturated carbocycles. The lowest BCUT2D eigenvalue weighted by Gasteiger charge is -2.05. The van der Waals surface area contributed by atoms with E-state index in [4.69, 9.17) is 0 Å². The number of benzene rings is 1. The predicted molar refractivity (Wildman–Crippen MR) is 92.7 cm³/mol. The summed E-state index contributed by atoms with van der Waals surface area (Å²) in [5.41, 5.74) is 1.10. The molecule has 1 amide bonds. The maximum Gasteiger partial charge on any atom is 0.271 e. The van der Waals surface area contributed by atoms with Crippen molar-refractivity contribution >= 4 is 34.8 Å². The molecule has 3 rings (SSSR count). The Bertz CT molecular complexity index is 1020. The van der Waals surface area contributed by atoms with E-state index in [1.54, 1.807) is 4.52 Å². The molecule has 9 nitrogen and oxygen atoms in total. The van der Waals surface area contributed by atoms with Gasteiger partial charge < -0.3 is 5.32 Å². The molecule has 0 radical (unpaired) electrons. The van der Waals surface area contributed by atoms with Gasteiger partial charge in [-0.15, -0.1) is 5.10 Å². The number of fused-ring (bicyclic) bond motifs is 1. The van der Waals surface area contributed by atoms with E-state index in [9.17, 15) is 19.3 Å². The molecule has 1 N–H and O–H groups in total. The van der Waals surface area contributed by atoms with Crippen molar-refractivity contribution in [2.45, 2.75) is 19.0 Å². The lowest BCUT2D eigenvalue weighted by molar-refractivity contribution is -0.384. The highest BCUT2D eigenvalue weighted by atomic mass is 32.2. The van der Waals surface area contributed by atoms with Crippen molar-refractivity contribution in [3.63, 3.8) is 0 Å². The number of thioether (sulfide) groups is 1. The minimum Gasteiger partial charge on any atom is -0.323 e. The van der Waals surface area contributed by atoms with Gasteiger partial charge in [-0.1, -0.05) is 11.8 Å². The SMILES string of the molecule is Cc1cc(C)n2nc(SCC(=O)Nc3cc([N+](=O)[O-])ccc3F)nc2n1. The number of non-ortho nitro benzene ring substituents is 1. The van der Waals surface area contributed by atoms with Gasteiger partial charge in [0.2, 0.25) is 11.1 Å². The molecule has 0 bridgehead atoms. The number of nitrogens with zero attached hydrogens (tertiary/aromatic N) is 5. The van der Waals surface area contributed by atoms with Crippen molar-refractivity contribution < 1.29 is 14.1 Å². The lowest BCUT2D eigenvalue weighted by Crippen LogP contribution is -2.15. The number of rotatable bonds is 5. The fraction of sp³-hybridized carbons (Fsp3) is 0.200. The number of halogens is 1. The van der Waals surface area contributed by atoms with Gasteiger partial charge in [0.1, 0.15) is 5.82 Å². The third-order valence-corrected chi connectivity index (χ3v) is 4.20. The van der Waals surface area contributed by atoms with Crippen molar-refractivity contribution in [2.24, 2.45) is 0 Å². The number of amides is 1. The van der Waals surface area contributed by atoms with Crippen LogP contribution < -0.4 is 5.32 Å². The van der Waals surface area contributed by atoms with E-state index in [2.05, 4.69) is 20.4 Å². The highest BCUT2D eigenvalue weighted by molar-refractivity contribution is 7.99. The summed E-state index contributed by atoms with van der Waals surface area (Å²) in [6.07, 6.45) is 0. The number of carbonyl (C=O) groups excluding carboxylic acids is 1. The second-order valence-electron chi connectivity index (χ2n) is 5.40. The zero-order chi connectivity index (χ0) is 18.8. The van der Waals surface area contributed by atoms with Crippen LogP contribution in [0.15, 0.2) is 29.4 Å². The Hall–Kier alpha value is -3.08. The van der Waals surface area contributed by atoms with Crippen LogP contribution in [0.4, 0.5) is 15.8 Å². The summed E-state index contributed by atoms with van der Waals surface area (Å²) in [5.74, 6) is -0.948. The van der Waals surface area contributed by atoms with Crippen molar-refractivity contribution in [1.29, 1.82) is 0 Å². The second-order valence-corrected chi connectivity index (χ2v) is 6.35. The number of carbonyl (C=O) groups is 1. The molecule has 0 aliphatic rings. The average Bonchev–Trinajstić information content (AvgIpc) is 2.98. The maximum absolute atomic E-state index is 13.7. The quantitative estimate of drug-likeness (QED) is 0.413. The largest absolute Gasteiger partial charge is 0.323 e. The summed E-state index contributed by atoms with van der Waals surface area (Å²) in [7, 11) is 0. The van der Waals surface area contributed by atoms with Crippen molar-refractivity contribution in [1.82, 2.24) is 19.6 Å². The first-order valence-corrected chi connectivity index (χ1v) is 8.39. The third kappa shape index (κ3) is 3.77. The molecule has 3 aromatic rings. The number of nitro benzene ring substituents is 1. The van der Waals surface area contributed by atoms with Crippen LogP contribution in [0.1, 0.15) is 11.4 Å². The monoisotopic (exact) mass is 376 g/mol. The van der Waals surface area contributed by atoms with Gasteiger partial charge in [0, 0.05) is 23.5 Å². The van der Waals surface area contributed by atoms with E-state index in [-0.39, 0.29) is 17.1 Å². The van der Waals surface area contributed by atoms with Gasteiger partial charge in [0.25, 0.3) is 11.5 Å². The molecule has 0 saturated heterocycles. The standard InChI is InChI=1S/C15H13FN6O3S/c1-8-5-9(2)21-14(17-8)19-15(20-21)26-7-13(23)18-12-6-10(22(24)25)3-4-11(12)16/h3-6H,7H2,1-2H3,(H,18,23). The van der Waals surface area contributed by atoms with Gasteiger partial charge in [-0.3, -0.25) is 14.9 Å². The smallest absolute Gasteiger partial charge is 0.271 e. The molecule has 0 aliphatic heterocycles. The Balaban J connectivity index is 1.69. The first kappa shape index (κ1) is 17.7. The Morgan fingerprint density at radius 2 is 2.12 bits per heavy atom. The van der Waals surface area contributed by atoms with Gasteiger partial charge in [-0.25, -0.2) is 13.9 Å². The Morgan fingerprint density at radius 3 is 2.85 bits per heavy atom. The summed E-state index contributed by atoms with van der Waals surface area (Å²) < 4.78 is 15.3. The predicted octanol–water partition coefficient (Wildman–Crippen LogP) is 2.52. The summed E-state index contributed by atoms with van der Waals surface area (Å²) in [4.78, 5) is 30.6. The fourth-order valence-electron chi connectivity index (χ4n) is 2.25. The van der Waals surface area contributed by atoms with Gasteiger partial charge in [0.15, 0.2) is 0 Å². The highest BCUT2D eigenvalue weighted by Gasteiger charge is 2.15. The molecular formula is C15H13FN6O3S. The molecule has 0 fully saturated rings. The number of hydrogen-bond acceptors (Lipinski definition) is 7. The first-order valence-electron chi connectivity index (χ1n) is 7.41. The molecule has 0 atom stereocenters. The molecule has 1 aromatic carbocycles. The zero-order valence-electron chi connectivity index (χ0n) is 13.8. The van der Waals surface area contributed by atoms with Crippen LogP contribution in [0.2, 0.25) is 0 Å². The molecule has 0 aliphatic carbocycles. The first-order chi connectivity index (χ1) is 12.3. The molecule has 0 spiro atoms. The summed E-state index contributed by atoms with van der Waals surface area (Å²) in [5, 5.41) is 17.6. The molecule has 11 heteroatoms. The van der Waals surface area contributed by atoms with E-state index < -0.39 is 16.6 Å². The highest BCUT2D eigenvalue weighted by Crippen LogP contribution is 2.22. The number of nitrogens with one attached hydrogen (secondary N) is 1. The summed E-state index contributed by atoms with van der Waals surface area (Å²) >= 11 is 1.05. The number of aromatic nitrogens is 4. The molecule has 2 aromatic heterocycles. The number of hydrogen-bond donors (Lipinski definition) is 1. The van der Waals surface area contributed by atoms with Crippen molar-refractivity contribution in [2.75, 3.05) is 11.1 Å². The minimum atomic E-state index is -0.755. The molecule has 134 valence electrons. The number of anilines is 1. The van der Waals surface area contributed by atoms with Gasteiger partial charge in [-0.05, 0) is 26.0 Å². The molecule has 0 unspecified atom stereocenters. The Labute approximate surface area is 150 Å². The Kier molecular flexibility index (Phi) is 4.80. The average molecular weight is 376 g/mol. The van der Waals surface area contributed by atoms with Crippen LogP contribution in [-0.2, 0) is 4.79 Å². The van der Waals surface area contributed by atoms with Gasteiger partial charge in [-0.2, -0.15) is 4.98 Å². The number of aryl methyl sites for hydroxylation is 2. The minimum absolute atomic E-state index is 0.0863. The second kappa shape index (κ2) is 7.04. The normalized spacial score (nSPS) is 10.9. The molecule has 2 heterocycles. The topological polar surface area (TPSA) is 115 Å². The van der Waals surface area contributed by atoms with Crippen LogP contribution in [0, 0.1) is 29.8 Å². The summed E-state index contributed by atoms with van der Waals surface area (Å²) in [6, 6.07) is 4.78. The zero-order valence-corrected chi connectivity index (χ0v) is 14.6. The molecule has 26 heavy (non-hydrogen) atoms. The van der Waals surface area contributed by atoms with E-state index in [0.29, 0.717) is 10.9 Å². The van der Waals surface area contributed by atoms with E-state index >= 15 is 0 Å². The van der Waals surface area contributed by atoms with E-state index in [0.717, 1.165) is 41.3 Å². The van der Waals surface area contributed by atoms with Crippen LogP contribution >= 0.6 is 11.8 Å².